The third-order valence-corrected chi connectivity index (χ3v) is 8.34. The van der Waals surface area contributed by atoms with Crippen LogP contribution in [-0.2, 0) is 29.1 Å². The number of sulfonamides is 1. The SMILES string of the molecule is CCCOC(=O)[C@H]1[C@H](C(=O)OCC[Si](C)(C)C)C2CC(=NNS(C)(=O)=O)[C@H]1c1cc(O)ccc12. The Morgan fingerprint density at radius 2 is 1.76 bits per heavy atom. The van der Waals surface area contributed by atoms with Gasteiger partial charge in [-0.1, -0.05) is 32.6 Å². The van der Waals surface area contributed by atoms with Crippen molar-refractivity contribution in [1.82, 2.24) is 4.83 Å². The number of hydrogen-bond acceptors (Lipinski definition) is 8. The molecule has 0 aliphatic heterocycles. The van der Waals surface area contributed by atoms with Gasteiger partial charge in [-0.15, -0.1) is 0 Å². The van der Waals surface area contributed by atoms with Gasteiger partial charge in [-0.05, 0) is 42.1 Å². The highest BCUT2D eigenvalue weighted by Crippen LogP contribution is 2.55. The maximum absolute atomic E-state index is 13.3. The number of carbonyl (C=O) groups excluding carboxylic acids is 2. The van der Waals surface area contributed by atoms with Gasteiger partial charge in [-0.2, -0.15) is 5.10 Å². The van der Waals surface area contributed by atoms with Gasteiger partial charge in [0.15, 0.2) is 0 Å². The minimum absolute atomic E-state index is 0.0108. The summed E-state index contributed by atoms with van der Waals surface area (Å²) in [6, 6.07) is 5.65. The van der Waals surface area contributed by atoms with Crippen LogP contribution in [0.15, 0.2) is 23.3 Å². The third kappa shape index (κ3) is 5.98. The Hall–Kier alpha value is -2.40. The van der Waals surface area contributed by atoms with Gasteiger partial charge in [0.2, 0.25) is 10.0 Å². The number of ether oxygens (including phenoxy) is 2. The highest BCUT2D eigenvalue weighted by molar-refractivity contribution is 7.88. The standard InChI is InChI=1S/C23H34N2O7SSi/c1-6-9-31-23(28)21-19-16-12-14(26)7-8-15(16)17(13-18(19)24-25-33(2,29)30)20(21)22(27)32-10-11-34(3,4)5/h7-8,12,17,19-21,25-26H,6,9-11,13H2,1-5H3/t17?,19-,20-,21-/m1/s1. The predicted molar refractivity (Wildman–Crippen MR) is 131 cm³/mol. The Morgan fingerprint density at radius 1 is 1.12 bits per heavy atom. The molecule has 1 aromatic rings. The number of nitrogens with zero attached hydrogens (tertiary/aromatic N) is 1. The van der Waals surface area contributed by atoms with Crippen molar-refractivity contribution in [3.05, 3.63) is 29.3 Å². The molecule has 0 saturated heterocycles. The van der Waals surface area contributed by atoms with E-state index in [-0.39, 0.29) is 25.4 Å². The van der Waals surface area contributed by atoms with Gasteiger partial charge in [-0.25, -0.2) is 13.2 Å². The first kappa shape index (κ1) is 26.2. The molecule has 1 unspecified atom stereocenters. The molecule has 0 radical (unpaired) electrons. The Bertz CT molecular complexity index is 1080. The van der Waals surface area contributed by atoms with Gasteiger partial charge in [-0.3, -0.25) is 9.59 Å². The quantitative estimate of drug-likeness (QED) is 0.297. The monoisotopic (exact) mass is 510 g/mol. The van der Waals surface area contributed by atoms with Crippen molar-refractivity contribution in [2.45, 2.75) is 57.3 Å². The Balaban J connectivity index is 2.05. The minimum atomic E-state index is -3.62. The first-order valence-electron chi connectivity index (χ1n) is 11.5. The molecular formula is C23H34N2O7SSi. The van der Waals surface area contributed by atoms with Crippen LogP contribution in [0, 0.1) is 11.8 Å². The number of hydrogen-bond donors (Lipinski definition) is 2. The third-order valence-electron chi connectivity index (χ3n) is 6.22. The number of fused-ring (bicyclic) bond motifs is 2. The van der Waals surface area contributed by atoms with E-state index in [9.17, 15) is 23.1 Å². The zero-order valence-electron chi connectivity index (χ0n) is 20.3. The van der Waals surface area contributed by atoms with Crippen molar-refractivity contribution in [2.24, 2.45) is 16.9 Å². The van der Waals surface area contributed by atoms with Crippen LogP contribution >= 0.6 is 0 Å². The minimum Gasteiger partial charge on any atom is -0.508 e. The molecule has 0 spiro atoms. The van der Waals surface area contributed by atoms with Crippen LogP contribution in [0.2, 0.25) is 25.7 Å². The molecule has 3 aliphatic carbocycles. The number of phenolic OH excluding ortho intramolecular Hbond substituents is 1. The topological polar surface area (TPSA) is 131 Å². The summed E-state index contributed by atoms with van der Waals surface area (Å²) in [5, 5.41) is 14.2. The lowest BCUT2D eigenvalue weighted by molar-refractivity contribution is -0.163. The largest absolute Gasteiger partial charge is 0.508 e. The highest BCUT2D eigenvalue weighted by Gasteiger charge is 2.57. The molecule has 4 atom stereocenters. The molecule has 9 nitrogen and oxygen atoms in total. The molecule has 11 heteroatoms. The smallest absolute Gasteiger partial charge is 0.310 e. The summed E-state index contributed by atoms with van der Waals surface area (Å²) in [5.74, 6) is -3.90. The summed E-state index contributed by atoms with van der Waals surface area (Å²) in [4.78, 5) is 28.8. The summed E-state index contributed by atoms with van der Waals surface area (Å²) in [6.45, 7) is 8.93. The van der Waals surface area contributed by atoms with Crippen molar-refractivity contribution in [1.29, 1.82) is 0 Å². The van der Waals surface area contributed by atoms with Crippen LogP contribution in [0.4, 0.5) is 0 Å². The van der Waals surface area contributed by atoms with Crippen molar-refractivity contribution in [3.8, 4) is 5.75 Å². The van der Waals surface area contributed by atoms with E-state index in [2.05, 4.69) is 29.6 Å². The van der Waals surface area contributed by atoms with Crippen molar-refractivity contribution >= 4 is 35.7 Å². The molecule has 0 amide bonds. The van der Waals surface area contributed by atoms with Crippen LogP contribution in [-0.4, -0.2) is 58.7 Å². The van der Waals surface area contributed by atoms with Crippen molar-refractivity contribution in [2.75, 3.05) is 19.5 Å². The van der Waals surface area contributed by atoms with Gasteiger partial charge < -0.3 is 14.6 Å². The van der Waals surface area contributed by atoms with Crippen molar-refractivity contribution in [3.63, 3.8) is 0 Å². The van der Waals surface area contributed by atoms with E-state index in [0.717, 1.165) is 17.9 Å². The average molecular weight is 511 g/mol. The Morgan fingerprint density at radius 3 is 2.38 bits per heavy atom. The number of esters is 2. The molecule has 34 heavy (non-hydrogen) atoms. The first-order chi connectivity index (χ1) is 15.8. The number of benzene rings is 1. The summed E-state index contributed by atoms with van der Waals surface area (Å²) in [5.41, 5.74) is 1.90. The normalized spacial score (nSPS) is 25.0. The lowest BCUT2D eigenvalue weighted by Crippen LogP contribution is -2.51. The van der Waals surface area contributed by atoms with E-state index < -0.39 is 53.7 Å². The first-order valence-corrected chi connectivity index (χ1v) is 17.1. The summed E-state index contributed by atoms with van der Waals surface area (Å²) in [7, 11) is -5.06. The molecule has 3 aliphatic rings. The fourth-order valence-corrected chi connectivity index (χ4v) is 5.69. The fourth-order valence-electron chi connectivity index (χ4n) is 4.69. The second-order valence-corrected chi connectivity index (χ2v) is 17.6. The van der Waals surface area contributed by atoms with Crippen LogP contribution in [0.5, 0.6) is 5.75 Å². The molecule has 4 rings (SSSR count). The van der Waals surface area contributed by atoms with E-state index >= 15 is 0 Å². The molecule has 2 bridgehead atoms. The molecule has 1 saturated carbocycles. The number of aromatic hydroxyl groups is 1. The number of phenols is 1. The molecule has 0 heterocycles. The zero-order valence-corrected chi connectivity index (χ0v) is 22.1. The van der Waals surface area contributed by atoms with Crippen LogP contribution < -0.4 is 4.83 Å². The van der Waals surface area contributed by atoms with E-state index in [0.29, 0.717) is 17.7 Å². The average Bonchev–Trinajstić information content (AvgIpc) is 2.73. The van der Waals surface area contributed by atoms with E-state index in [4.69, 9.17) is 9.47 Å². The molecule has 2 N–H and O–H groups in total. The second kappa shape index (κ2) is 10.1. The molecule has 0 aromatic heterocycles. The number of carbonyl (C=O) groups is 2. The molecule has 188 valence electrons. The van der Waals surface area contributed by atoms with Gasteiger partial charge in [0.1, 0.15) is 5.75 Å². The lowest BCUT2D eigenvalue weighted by atomic mass is 9.55. The predicted octanol–water partition coefficient (Wildman–Crippen LogP) is 2.95. The fraction of sp³-hybridized carbons (Fsp3) is 0.609. The number of nitrogens with one attached hydrogen (secondary N) is 1. The van der Waals surface area contributed by atoms with Gasteiger partial charge in [0, 0.05) is 25.6 Å². The van der Waals surface area contributed by atoms with Gasteiger partial charge in [0.25, 0.3) is 0 Å². The molecular weight excluding hydrogens is 476 g/mol. The van der Waals surface area contributed by atoms with Crippen LogP contribution in [0.1, 0.15) is 42.7 Å². The van der Waals surface area contributed by atoms with Crippen LogP contribution in [0.3, 0.4) is 0 Å². The van der Waals surface area contributed by atoms with Gasteiger partial charge >= 0.3 is 11.9 Å². The van der Waals surface area contributed by atoms with E-state index in [1.807, 2.05) is 6.92 Å². The van der Waals surface area contributed by atoms with Crippen molar-refractivity contribution < 1.29 is 32.6 Å². The van der Waals surface area contributed by atoms with Gasteiger partial charge in [0.05, 0.1) is 31.3 Å². The Labute approximate surface area is 202 Å². The zero-order chi connectivity index (χ0) is 25.3. The van der Waals surface area contributed by atoms with E-state index in [1.54, 1.807) is 18.2 Å². The maximum Gasteiger partial charge on any atom is 0.310 e. The lowest BCUT2D eigenvalue weighted by Gasteiger charge is -2.47. The number of rotatable bonds is 9. The summed E-state index contributed by atoms with van der Waals surface area (Å²) >= 11 is 0. The number of hydrazone groups is 1. The Kier molecular flexibility index (Phi) is 7.76. The summed E-state index contributed by atoms with van der Waals surface area (Å²) < 4.78 is 34.5. The second-order valence-electron chi connectivity index (χ2n) is 10.3. The molecule has 1 fully saturated rings. The molecule has 1 aromatic carbocycles. The maximum atomic E-state index is 13.3. The summed E-state index contributed by atoms with van der Waals surface area (Å²) in [6.07, 6.45) is 1.89. The van der Waals surface area contributed by atoms with E-state index in [1.165, 1.54) is 0 Å². The van der Waals surface area contributed by atoms with Crippen LogP contribution in [0.25, 0.3) is 0 Å². The highest BCUT2D eigenvalue weighted by atomic mass is 32.2.